The normalized spacial score (nSPS) is 15.4. The number of carbonyl (C=O) groups excluding carboxylic acids is 1. The van der Waals surface area contributed by atoms with Crippen molar-refractivity contribution in [1.82, 2.24) is 4.90 Å². The molecule has 4 nitrogen and oxygen atoms in total. The molecule has 1 aromatic carbocycles. The molecule has 0 spiro atoms. The summed E-state index contributed by atoms with van der Waals surface area (Å²) < 4.78 is 5.39. The summed E-state index contributed by atoms with van der Waals surface area (Å²) in [6.45, 7) is 0.621. The van der Waals surface area contributed by atoms with Gasteiger partial charge in [0.25, 0.3) is 0 Å². The number of nitrogens with one attached hydrogen (secondary N) is 1. The van der Waals surface area contributed by atoms with Crippen molar-refractivity contribution < 1.29 is 9.53 Å². The summed E-state index contributed by atoms with van der Waals surface area (Å²) in [4.78, 5) is 14.5. The number of fused-ring (bicyclic) bond motifs is 1. The van der Waals surface area contributed by atoms with E-state index in [0.29, 0.717) is 6.54 Å². The SMILES string of the molecule is COc1ccsc1C(Br)c1ccc2c(c1)CN(C)C(=O)N2. The lowest BCUT2D eigenvalue weighted by atomic mass is 10.0. The van der Waals surface area contributed by atoms with E-state index in [1.807, 2.05) is 23.6 Å². The molecule has 3 rings (SSSR count). The van der Waals surface area contributed by atoms with Crippen molar-refractivity contribution in [3.63, 3.8) is 0 Å². The number of benzene rings is 1. The molecule has 1 atom stereocenters. The second kappa shape index (κ2) is 5.69. The summed E-state index contributed by atoms with van der Waals surface area (Å²) in [7, 11) is 3.47. The zero-order valence-electron chi connectivity index (χ0n) is 11.7. The van der Waals surface area contributed by atoms with E-state index in [0.717, 1.165) is 27.4 Å². The average Bonchev–Trinajstić information content (AvgIpc) is 2.95. The molecule has 1 aliphatic heterocycles. The van der Waals surface area contributed by atoms with Crippen molar-refractivity contribution in [2.45, 2.75) is 11.4 Å². The van der Waals surface area contributed by atoms with Crippen molar-refractivity contribution in [1.29, 1.82) is 0 Å². The Kier molecular flexibility index (Phi) is 3.91. The number of urea groups is 1. The van der Waals surface area contributed by atoms with Crippen molar-refractivity contribution in [2.24, 2.45) is 0 Å². The maximum atomic E-state index is 11.6. The van der Waals surface area contributed by atoms with Gasteiger partial charge in [0.05, 0.1) is 16.8 Å². The van der Waals surface area contributed by atoms with Gasteiger partial charge >= 0.3 is 6.03 Å². The number of halogens is 1. The van der Waals surface area contributed by atoms with Crippen molar-refractivity contribution >= 4 is 39.0 Å². The van der Waals surface area contributed by atoms with Gasteiger partial charge in [-0.05, 0) is 28.6 Å². The van der Waals surface area contributed by atoms with Crippen molar-refractivity contribution in [2.75, 3.05) is 19.5 Å². The molecule has 0 fully saturated rings. The Morgan fingerprint density at radius 3 is 3.00 bits per heavy atom. The van der Waals surface area contributed by atoms with E-state index in [4.69, 9.17) is 4.74 Å². The fourth-order valence-electron chi connectivity index (χ4n) is 2.38. The number of hydrogen-bond donors (Lipinski definition) is 1. The first-order chi connectivity index (χ1) is 10.1. The molecule has 2 heterocycles. The number of nitrogens with zero attached hydrogens (tertiary/aromatic N) is 1. The topological polar surface area (TPSA) is 41.6 Å². The highest BCUT2D eigenvalue weighted by Crippen LogP contribution is 2.41. The number of carbonyl (C=O) groups is 1. The van der Waals surface area contributed by atoms with E-state index < -0.39 is 0 Å². The predicted octanol–water partition coefficient (Wildman–Crippen LogP) is 4.22. The quantitative estimate of drug-likeness (QED) is 0.826. The summed E-state index contributed by atoms with van der Waals surface area (Å²) in [6, 6.07) is 8.03. The molecule has 0 saturated heterocycles. The molecule has 1 aliphatic rings. The Labute approximate surface area is 135 Å². The number of amides is 2. The first-order valence-corrected chi connectivity index (χ1v) is 8.30. The molecule has 6 heteroatoms. The van der Waals surface area contributed by atoms with E-state index in [9.17, 15) is 4.79 Å². The van der Waals surface area contributed by atoms with Crippen molar-refractivity contribution in [3.05, 3.63) is 45.6 Å². The maximum Gasteiger partial charge on any atom is 0.321 e. The summed E-state index contributed by atoms with van der Waals surface area (Å²) in [6.07, 6.45) is 0. The number of ether oxygens (including phenoxy) is 1. The number of methoxy groups -OCH3 is 1. The average molecular weight is 367 g/mol. The molecule has 110 valence electrons. The van der Waals surface area contributed by atoms with Crippen LogP contribution in [0.4, 0.5) is 10.5 Å². The van der Waals surface area contributed by atoms with E-state index in [1.165, 1.54) is 0 Å². The lowest BCUT2D eigenvalue weighted by molar-refractivity contribution is 0.218. The number of anilines is 1. The lowest BCUT2D eigenvalue weighted by Gasteiger charge is -2.26. The van der Waals surface area contributed by atoms with Crippen LogP contribution >= 0.6 is 27.3 Å². The van der Waals surface area contributed by atoms with Crippen LogP contribution in [0.3, 0.4) is 0 Å². The van der Waals surface area contributed by atoms with Gasteiger partial charge in [-0.1, -0.05) is 28.1 Å². The number of alkyl halides is 1. The molecule has 1 N–H and O–H groups in total. The summed E-state index contributed by atoms with van der Waals surface area (Å²) in [5.74, 6) is 0.894. The fourth-order valence-corrected chi connectivity index (χ4v) is 4.07. The molecule has 0 saturated carbocycles. The van der Waals surface area contributed by atoms with Gasteiger partial charge in [-0.2, -0.15) is 0 Å². The van der Waals surface area contributed by atoms with Crippen LogP contribution in [0.5, 0.6) is 5.75 Å². The van der Waals surface area contributed by atoms with Crippen LogP contribution < -0.4 is 10.1 Å². The van der Waals surface area contributed by atoms with Gasteiger partial charge in [-0.15, -0.1) is 11.3 Å². The first kappa shape index (κ1) is 14.4. The molecule has 2 amide bonds. The molecular formula is C15H15BrN2O2S. The zero-order valence-corrected chi connectivity index (χ0v) is 14.1. The highest BCUT2D eigenvalue weighted by molar-refractivity contribution is 9.09. The Morgan fingerprint density at radius 2 is 2.24 bits per heavy atom. The Balaban J connectivity index is 1.94. The van der Waals surface area contributed by atoms with Gasteiger partial charge in [0, 0.05) is 19.3 Å². The van der Waals surface area contributed by atoms with Crippen molar-refractivity contribution in [3.8, 4) is 5.75 Å². The zero-order chi connectivity index (χ0) is 15.0. The number of thiophene rings is 1. The van der Waals surface area contributed by atoms with E-state index in [-0.39, 0.29) is 10.9 Å². The highest BCUT2D eigenvalue weighted by atomic mass is 79.9. The summed E-state index contributed by atoms with van der Waals surface area (Å²) >= 11 is 5.41. The van der Waals surface area contributed by atoms with Crippen LogP contribution in [0.25, 0.3) is 0 Å². The third-order valence-corrected chi connectivity index (χ3v) is 5.78. The van der Waals surface area contributed by atoms with Crippen LogP contribution in [0.15, 0.2) is 29.6 Å². The molecular weight excluding hydrogens is 352 g/mol. The van der Waals surface area contributed by atoms with Gasteiger partial charge in [0.2, 0.25) is 0 Å². The monoisotopic (exact) mass is 366 g/mol. The molecule has 21 heavy (non-hydrogen) atoms. The van der Waals surface area contributed by atoms with Gasteiger partial charge in [-0.25, -0.2) is 4.79 Å². The molecule has 1 aromatic heterocycles. The van der Waals surface area contributed by atoms with E-state index >= 15 is 0 Å². The smallest absolute Gasteiger partial charge is 0.321 e. The summed E-state index contributed by atoms with van der Waals surface area (Å²) in [5, 5.41) is 4.91. The predicted molar refractivity (Wildman–Crippen MR) is 88.6 cm³/mol. The second-order valence-electron chi connectivity index (χ2n) is 4.92. The minimum absolute atomic E-state index is 0.0643. The van der Waals surface area contributed by atoms with Crippen LogP contribution in [0, 0.1) is 0 Å². The van der Waals surface area contributed by atoms with E-state index in [2.05, 4.69) is 27.3 Å². The van der Waals surface area contributed by atoms with Crippen LogP contribution in [-0.4, -0.2) is 25.1 Å². The Morgan fingerprint density at radius 1 is 1.43 bits per heavy atom. The third kappa shape index (κ3) is 2.65. The summed E-state index contributed by atoms with van der Waals surface area (Å²) in [5.41, 5.74) is 3.16. The standard InChI is InChI=1S/C15H15BrN2O2S/c1-18-8-10-7-9(3-4-11(10)17-15(18)19)13(16)14-12(20-2)5-6-21-14/h3-7,13H,8H2,1-2H3,(H,17,19). The van der Waals surface area contributed by atoms with Crippen LogP contribution in [0.2, 0.25) is 0 Å². The number of rotatable bonds is 3. The highest BCUT2D eigenvalue weighted by Gasteiger charge is 2.22. The Hall–Kier alpha value is -1.53. The van der Waals surface area contributed by atoms with Crippen LogP contribution in [0.1, 0.15) is 20.8 Å². The number of hydrogen-bond acceptors (Lipinski definition) is 3. The minimum Gasteiger partial charge on any atom is -0.496 e. The molecule has 0 aliphatic carbocycles. The van der Waals surface area contributed by atoms with Gasteiger partial charge < -0.3 is 15.0 Å². The Bertz CT molecular complexity index is 686. The minimum atomic E-state index is -0.0643. The lowest BCUT2D eigenvalue weighted by Crippen LogP contribution is -2.35. The second-order valence-corrected chi connectivity index (χ2v) is 6.78. The molecule has 2 aromatic rings. The largest absolute Gasteiger partial charge is 0.496 e. The van der Waals surface area contributed by atoms with Crippen LogP contribution in [-0.2, 0) is 6.54 Å². The van der Waals surface area contributed by atoms with Gasteiger partial charge in [-0.3, -0.25) is 0 Å². The van der Waals surface area contributed by atoms with E-state index in [1.54, 1.807) is 30.4 Å². The molecule has 1 unspecified atom stereocenters. The molecule has 0 radical (unpaired) electrons. The maximum absolute atomic E-state index is 11.6. The first-order valence-electron chi connectivity index (χ1n) is 6.50. The van der Waals surface area contributed by atoms with Gasteiger partial charge in [0.1, 0.15) is 5.75 Å². The molecule has 0 bridgehead atoms. The fraction of sp³-hybridized carbons (Fsp3) is 0.267. The van der Waals surface area contributed by atoms with Gasteiger partial charge in [0.15, 0.2) is 0 Å². The third-order valence-electron chi connectivity index (χ3n) is 3.53.